The lowest BCUT2D eigenvalue weighted by Crippen LogP contribution is -2.23. The Hall–Kier alpha value is -2.20. The molecule has 2 aromatic carbocycles. The van der Waals surface area contributed by atoms with E-state index >= 15 is 0 Å². The number of carbonyl (C=O) groups excluding carboxylic acids is 1. The van der Waals surface area contributed by atoms with Gasteiger partial charge in [0.15, 0.2) is 11.5 Å². The number of benzene rings is 2. The van der Waals surface area contributed by atoms with Crippen molar-refractivity contribution in [3.63, 3.8) is 0 Å². The molecule has 0 heterocycles. The van der Waals surface area contributed by atoms with Crippen LogP contribution in [0.3, 0.4) is 0 Å². The number of halogens is 1. The molecule has 0 aliphatic rings. The van der Waals surface area contributed by atoms with Crippen LogP contribution in [-0.2, 0) is 17.8 Å². The number of hydrogen-bond acceptors (Lipinski definition) is 3. The first-order chi connectivity index (χ1) is 11.6. The highest BCUT2D eigenvalue weighted by Gasteiger charge is 2.07. The minimum atomic E-state index is 0.0119. The third-order valence-electron chi connectivity index (χ3n) is 3.57. The standard InChI is InChI=1S/C19H22ClNO3/c1-3-24-17-10-6-15(12-18(17)23-2)13-21-19(22)11-7-14-4-8-16(20)9-5-14/h4-6,8-10,12H,3,7,11,13H2,1-2H3,(H,21,22). The van der Waals surface area contributed by atoms with Crippen LogP contribution in [0.4, 0.5) is 0 Å². The van der Waals surface area contributed by atoms with Gasteiger partial charge < -0.3 is 14.8 Å². The molecule has 128 valence electrons. The summed E-state index contributed by atoms with van der Waals surface area (Å²) in [6.45, 7) is 2.97. The first-order valence-corrected chi connectivity index (χ1v) is 8.31. The number of methoxy groups -OCH3 is 1. The van der Waals surface area contributed by atoms with Crippen molar-refractivity contribution >= 4 is 17.5 Å². The maximum absolute atomic E-state index is 12.0. The second-order valence-corrected chi connectivity index (χ2v) is 5.76. The van der Waals surface area contributed by atoms with Crippen molar-refractivity contribution in [1.29, 1.82) is 0 Å². The number of amides is 1. The van der Waals surface area contributed by atoms with Crippen LogP contribution in [0.25, 0.3) is 0 Å². The van der Waals surface area contributed by atoms with E-state index in [9.17, 15) is 4.79 Å². The maximum atomic E-state index is 12.0. The second kappa shape index (κ2) is 9.18. The highest BCUT2D eigenvalue weighted by Crippen LogP contribution is 2.27. The van der Waals surface area contributed by atoms with E-state index in [0.29, 0.717) is 42.5 Å². The van der Waals surface area contributed by atoms with Crippen LogP contribution in [0.2, 0.25) is 5.02 Å². The van der Waals surface area contributed by atoms with E-state index in [0.717, 1.165) is 11.1 Å². The molecule has 0 radical (unpaired) electrons. The van der Waals surface area contributed by atoms with Gasteiger partial charge in [0.1, 0.15) is 0 Å². The Morgan fingerprint density at radius 3 is 2.46 bits per heavy atom. The van der Waals surface area contributed by atoms with E-state index in [1.807, 2.05) is 49.4 Å². The van der Waals surface area contributed by atoms with E-state index in [-0.39, 0.29) is 5.91 Å². The summed E-state index contributed by atoms with van der Waals surface area (Å²) in [6.07, 6.45) is 1.13. The molecule has 0 bridgehead atoms. The second-order valence-electron chi connectivity index (χ2n) is 5.32. The van der Waals surface area contributed by atoms with E-state index < -0.39 is 0 Å². The summed E-state index contributed by atoms with van der Waals surface area (Å²) in [7, 11) is 1.60. The summed E-state index contributed by atoms with van der Waals surface area (Å²) >= 11 is 5.85. The van der Waals surface area contributed by atoms with Gasteiger partial charge in [-0.3, -0.25) is 4.79 Å². The van der Waals surface area contributed by atoms with Gasteiger partial charge in [-0.15, -0.1) is 0 Å². The fourth-order valence-electron chi connectivity index (χ4n) is 2.29. The Labute approximate surface area is 147 Å². The largest absolute Gasteiger partial charge is 0.493 e. The molecule has 0 aliphatic carbocycles. The molecule has 0 saturated heterocycles. The highest BCUT2D eigenvalue weighted by molar-refractivity contribution is 6.30. The van der Waals surface area contributed by atoms with Crippen molar-refractivity contribution in [2.75, 3.05) is 13.7 Å². The van der Waals surface area contributed by atoms with Gasteiger partial charge in [-0.05, 0) is 48.7 Å². The Bertz CT molecular complexity index is 671. The molecular formula is C19H22ClNO3. The molecule has 0 aliphatic heterocycles. The predicted molar refractivity (Wildman–Crippen MR) is 95.8 cm³/mol. The molecule has 1 amide bonds. The van der Waals surface area contributed by atoms with Gasteiger partial charge in [-0.25, -0.2) is 0 Å². The third-order valence-corrected chi connectivity index (χ3v) is 3.82. The molecular weight excluding hydrogens is 326 g/mol. The molecule has 2 aromatic rings. The van der Waals surface area contributed by atoms with Crippen LogP contribution in [0.5, 0.6) is 11.5 Å². The van der Waals surface area contributed by atoms with Crippen molar-refractivity contribution in [3.05, 3.63) is 58.6 Å². The molecule has 0 fully saturated rings. The molecule has 5 heteroatoms. The summed E-state index contributed by atoms with van der Waals surface area (Å²) in [4.78, 5) is 12.0. The zero-order valence-electron chi connectivity index (χ0n) is 14.0. The summed E-state index contributed by atoms with van der Waals surface area (Å²) in [5.74, 6) is 1.39. The molecule has 0 unspecified atom stereocenters. The van der Waals surface area contributed by atoms with Crippen molar-refractivity contribution in [3.8, 4) is 11.5 Å². The fourth-order valence-corrected chi connectivity index (χ4v) is 2.42. The molecule has 0 aromatic heterocycles. The van der Waals surface area contributed by atoms with Gasteiger partial charge in [-0.1, -0.05) is 29.8 Å². The van der Waals surface area contributed by atoms with Crippen LogP contribution in [0, 0.1) is 0 Å². The van der Waals surface area contributed by atoms with Crippen LogP contribution in [-0.4, -0.2) is 19.6 Å². The quantitative estimate of drug-likeness (QED) is 0.785. The maximum Gasteiger partial charge on any atom is 0.220 e. The van der Waals surface area contributed by atoms with E-state index in [4.69, 9.17) is 21.1 Å². The molecule has 0 atom stereocenters. The van der Waals surface area contributed by atoms with Crippen molar-refractivity contribution < 1.29 is 14.3 Å². The average molecular weight is 348 g/mol. The number of rotatable bonds is 8. The summed E-state index contributed by atoms with van der Waals surface area (Å²) in [5, 5.41) is 3.62. The Balaban J connectivity index is 1.83. The van der Waals surface area contributed by atoms with Crippen LogP contribution >= 0.6 is 11.6 Å². The molecule has 2 rings (SSSR count). The lowest BCUT2D eigenvalue weighted by Gasteiger charge is -2.11. The van der Waals surface area contributed by atoms with Gasteiger partial charge in [0, 0.05) is 18.0 Å². The smallest absolute Gasteiger partial charge is 0.220 e. The Kier molecular flexibility index (Phi) is 6.94. The van der Waals surface area contributed by atoms with Crippen LogP contribution < -0.4 is 14.8 Å². The number of ether oxygens (including phenoxy) is 2. The van der Waals surface area contributed by atoms with Gasteiger partial charge in [-0.2, -0.15) is 0 Å². The predicted octanol–water partition coefficient (Wildman–Crippen LogP) is 4.00. The minimum absolute atomic E-state index is 0.0119. The SMILES string of the molecule is CCOc1ccc(CNC(=O)CCc2ccc(Cl)cc2)cc1OC. The monoisotopic (exact) mass is 347 g/mol. The average Bonchev–Trinajstić information content (AvgIpc) is 2.60. The summed E-state index contributed by atoms with van der Waals surface area (Å²) < 4.78 is 10.8. The Morgan fingerprint density at radius 2 is 1.79 bits per heavy atom. The Morgan fingerprint density at radius 1 is 1.08 bits per heavy atom. The van der Waals surface area contributed by atoms with Crippen molar-refractivity contribution in [1.82, 2.24) is 5.32 Å². The normalized spacial score (nSPS) is 10.3. The van der Waals surface area contributed by atoms with E-state index in [1.165, 1.54) is 0 Å². The topological polar surface area (TPSA) is 47.6 Å². The van der Waals surface area contributed by atoms with Gasteiger partial charge >= 0.3 is 0 Å². The zero-order chi connectivity index (χ0) is 17.4. The molecule has 0 saturated carbocycles. The summed E-state index contributed by atoms with van der Waals surface area (Å²) in [6, 6.07) is 13.2. The lowest BCUT2D eigenvalue weighted by molar-refractivity contribution is -0.121. The van der Waals surface area contributed by atoms with Crippen molar-refractivity contribution in [2.45, 2.75) is 26.3 Å². The summed E-state index contributed by atoms with van der Waals surface area (Å²) in [5.41, 5.74) is 2.06. The zero-order valence-corrected chi connectivity index (χ0v) is 14.7. The molecule has 0 spiro atoms. The van der Waals surface area contributed by atoms with Crippen LogP contribution in [0.1, 0.15) is 24.5 Å². The number of carbonyl (C=O) groups is 1. The van der Waals surface area contributed by atoms with Crippen LogP contribution in [0.15, 0.2) is 42.5 Å². The number of nitrogens with one attached hydrogen (secondary N) is 1. The molecule has 4 nitrogen and oxygen atoms in total. The third kappa shape index (κ3) is 5.46. The fraction of sp³-hybridized carbons (Fsp3) is 0.316. The first-order valence-electron chi connectivity index (χ1n) is 7.93. The highest BCUT2D eigenvalue weighted by atomic mass is 35.5. The van der Waals surface area contributed by atoms with E-state index in [2.05, 4.69) is 5.32 Å². The molecule has 1 N–H and O–H groups in total. The first kappa shape index (κ1) is 18.1. The number of hydrogen-bond donors (Lipinski definition) is 1. The van der Waals surface area contributed by atoms with Gasteiger partial charge in [0.25, 0.3) is 0 Å². The lowest BCUT2D eigenvalue weighted by atomic mass is 10.1. The minimum Gasteiger partial charge on any atom is -0.493 e. The van der Waals surface area contributed by atoms with Gasteiger partial charge in [0.2, 0.25) is 5.91 Å². The van der Waals surface area contributed by atoms with Crippen molar-refractivity contribution in [2.24, 2.45) is 0 Å². The number of aryl methyl sites for hydroxylation is 1. The van der Waals surface area contributed by atoms with Gasteiger partial charge in [0.05, 0.1) is 13.7 Å². The van der Waals surface area contributed by atoms with E-state index in [1.54, 1.807) is 7.11 Å². The molecule has 24 heavy (non-hydrogen) atoms.